The predicted octanol–water partition coefficient (Wildman–Crippen LogP) is 4.26. The number of fused-ring (bicyclic) bond motifs is 1. The molecule has 2 unspecified atom stereocenters. The highest BCUT2D eigenvalue weighted by Gasteiger charge is 2.19. The first-order valence-electron chi connectivity index (χ1n) is 5.75. The third-order valence-electron chi connectivity index (χ3n) is 3.28. The van der Waals surface area contributed by atoms with E-state index in [1.165, 1.54) is 24.8 Å². The number of hydrogen-bond donors (Lipinski definition) is 0. The lowest BCUT2D eigenvalue weighted by molar-refractivity contribution is 0.496. The second-order valence-electron chi connectivity index (χ2n) is 4.98. The van der Waals surface area contributed by atoms with Crippen LogP contribution in [0.2, 0.25) is 0 Å². The van der Waals surface area contributed by atoms with Gasteiger partial charge in [0.1, 0.15) is 0 Å². The minimum atomic E-state index is 0.615. The van der Waals surface area contributed by atoms with E-state index in [0.29, 0.717) is 5.92 Å². The molecule has 0 bridgehead atoms. The van der Waals surface area contributed by atoms with Crippen molar-refractivity contribution in [3.05, 3.63) is 34.9 Å². The summed E-state index contributed by atoms with van der Waals surface area (Å²) in [5, 5.41) is 0. The standard InChI is InChI=1S/C14H20/c1-10-4-5-13-8-11(2)6-12(3)9-14(13)7-10/h6,8-10,12H,4-5,7H2,1-3H3. The molecule has 0 heterocycles. The van der Waals surface area contributed by atoms with Gasteiger partial charge < -0.3 is 0 Å². The third-order valence-corrected chi connectivity index (χ3v) is 3.28. The van der Waals surface area contributed by atoms with Crippen molar-refractivity contribution in [3.8, 4) is 0 Å². The molecule has 2 aliphatic carbocycles. The molecule has 76 valence electrons. The molecule has 0 saturated heterocycles. The lowest BCUT2D eigenvalue weighted by atomic mass is 9.82. The Balaban J connectivity index is 2.31. The fraction of sp³-hybridized carbons (Fsp3) is 0.571. The number of allylic oxidation sites excluding steroid dienone is 6. The van der Waals surface area contributed by atoms with Crippen LogP contribution < -0.4 is 0 Å². The molecule has 0 aromatic heterocycles. The van der Waals surface area contributed by atoms with Crippen LogP contribution in [-0.2, 0) is 0 Å². The highest BCUT2D eigenvalue weighted by Crippen LogP contribution is 2.35. The van der Waals surface area contributed by atoms with E-state index >= 15 is 0 Å². The summed E-state index contributed by atoms with van der Waals surface area (Å²) in [5.41, 5.74) is 4.65. The van der Waals surface area contributed by atoms with E-state index < -0.39 is 0 Å². The molecule has 0 radical (unpaired) electrons. The molecule has 2 atom stereocenters. The molecular formula is C14H20. The van der Waals surface area contributed by atoms with Gasteiger partial charge in [-0.25, -0.2) is 0 Å². The van der Waals surface area contributed by atoms with Crippen LogP contribution in [0.25, 0.3) is 0 Å². The maximum Gasteiger partial charge on any atom is -0.00702 e. The van der Waals surface area contributed by atoms with Gasteiger partial charge in [0, 0.05) is 0 Å². The Hall–Kier alpha value is -0.780. The summed E-state index contributed by atoms with van der Waals surface area (Å²) >= 11 is 0. The SMILES string of the molecule is CC1=CC(C)C=C2CC(C)CCC2=C1. The van der Waals surface area contributed by atoms with Crippen molar-refractivity contribution in [2.24, 2.45) is 11.8 Å². The highest BCUT2D eigenvalue weighted by atomic mass is 14.2. The normalized spacial score (nSPS) is 32.4. The maximum atomic E-state index is 2.46. The lowest BCUT2D eigenvalue weighted by Crippen LogP contribution is -2.07. The highest BCUT2D eigenvalue weighted by molar-refractivity contribution is 5.42. The molecular weight excluding hydrogens is 168 g/mol. The minimum absolute atomic E-state index is 0.615. The van der Waals surface area contributed by atoms with Crippen LogP contribution in [0.5, 0.6) is 0 Å². The van der Waals surface area contributed by atoms with E-state index in [0.717, 1.165) is 5.92 Å². The molecule has 14 heavy (non-hydrogen) atoms. The Bertz CT molecular complexity index is 315. The zero-order chi connectivity index (χ0) is 10.1. The molecule has 1 fully saturated rings. The molecule has 0 nitrogen and oxygen atoms in total. The Labute approximate surface area is 87.4 Å². The van der Waals surface area contributed by atoms with E-state index in [4.69, 9.17) is 0 Å². The van der Waals surface area contributed by atoms with Crippen molar-refractivity contribution in [1.82, 2.24) is 0 Å². The summed E-state index contributed by atoms with van der Waals surface area (Å²) in [6.07, 6.45) is 11.1. The minimum Gasteiger partial charge on any atom is -0.0749 e. The molecule has 0 spiro atoms. The maximum absolute atomic E-state index is 2.46. The zero-order valence-corrected chi connectivity index (χ0v) is 9.51. The summed E-state index contributed by atoms with van der Waals surface area (Å²) in [6.45, 7) is 6.87. The van der Waals surface area contributed by atoms with Gasteiger partial charge in [-0.05, 0) is 49.2 Å². The summed E-state index contributed by atoms with van der Waals surface area (Å²) in [6, 6.07) is 0. The molecule has 0 aromatic carbocycles. The second kappa shape index (κ2) is 3.76. The van der Waals surface area contributed by atoms with Gasteiger partial charge in [-0.1, -0.05) is 37.6 Å². The molecule has 0 heteroatoms. The Morgan fingerprint density at radius 3 is 2.71 bits per heavy atom. The van der Waals surface area contributed by atoms with Crippen molar-refractivity contribution in [3.63, 3.8) is 0 Å². The van der Waals surface area contributed by atoms with Crippen LogP contribution in [-0.4, -0.2) is 0 Å². The van der Waals surface area contributed by atoms with Gasteiger partial charge in [0.2, 0.25) is 0 Å². The molecule has 0 amide bonds. The van der Waals surface area contributed by atoms with Gasteiger partial charge in [-0.2, -0.15) is 0 Å². The largest absolute Gasteiger partial charge is 0.0749 e. The molecule has 1 saturated carbocycles. The summed E-state index contributed by atoms with van der Waals surface area (Å²) < 4.78 is 0. The lowest BCUT2D eigenvalue weighted by Gasteiger charge is -2.23. The van der Waals surface area contributed by atoms with Crippen molar-refractivity contribution in [2.45, 2.75) is 40.0 Å². The topological polar surface area (TPSA) is 0 Å². The van der Waals surface area contributed by atoms with Crippen LogP contribution in [0, 0.1) is 11.8 Å². The summed E-state index contributed by atoms with van der Waals surface area (Å²) in [5.74, 6) is 1.49. The average molecular weight is 188 g/mol. The quantitative estimate of drug-likeness (QED) is 0.533. The van der Waals surface area contributed by atoms with Gasteiger partial charge in [-0.3, -0.25) is 0 Å². The van der Waals surface area contributed by atoms with Gasteiger partial charge in [0.05, 0.1) is 0 Å². The van der Waals surface area contributed by atoms with Crippen LogP contribution >= 0.6 is 0 Å². The summed E-state index contributed by atoms with van der Waals surface area (Å²) in [7, 11) is 0. The fourth-order valence-corrected chi connectivity index (χ4v) is 2.61. The van der Waals surface area contributed by atoms with Gasteiger partial charge >= 0.3 is 0 Å². The van der Waals surface area contributed by atoms with E-state index in [9.17, 15) is 0 Å². The average Bonchev–Trinajstić information content (AvgIpc) is 2.21. The van der Waals surface area contributed by atoms with Crippen molar-refractivity contribution in [1.29, 1.82) is 0 Å². The van der Waals surface area contributed by atoms with E-state index in [1.54, 1.807) is 11.1 Å². The first-order valence-corrected chi connectivity index (χ1v) is 5.75. The van der Waals surface area contributed by atoms with Crippen LogP contribution in [0.4, 0.5) is 0 Å². The third kappa shape index (κ3) is 2.00. The monoisotopic (exact) mass is 188 g/mol. The van der Waals surface area contributed by atoms with Crippen LogP contribution in [0.1, 0.15) is 40.0 Å². The molecule has 0 aliphatic heterocycles. The first kappa shape index (κ1) is 9.76. The predicted molar refractivity (Wildman–Crippen MR) is 62.1 cm³/mol. The van der Waals surface area contributed by atoms with E-state index in [-0.39, 0.29) is 0 Å². The van der Waals surface area contributed by atoms with Crippen molar-refractivity contribution < 1.29 is 0 Å². The number of hydrogen-bond acceptors (Lipinski definition) is 0. The summed E-state index contributed by atoms with van der Waals surface area (Å²) in [4.78, 5) is 0. The second-order valence-corrected chi connectivity index (χ2v) is 4.98. The van der Waals surface area contributed by atoms with Gasteiger partial charge in [-0.15, -0.1) is 0 Å². The molecule has 0 aromatic rings. The fourth-order valence-electron chi connectivity index (χ4n) is 2.61. The Morgan fingerprint density at radius 1 is 1.14 bits per heavy atom. The zero-order valence-electron chi connectivity index (χ0n) is 9.51. The Morgan fingerprint density at radius 2 is 1.93 bits per heavy atom. The van der Waals surface area contributed by atoms with E-state index in [2.05, 4.69) is 39.0 Å². The van der Waals surface area contributed by atoms with E-state index in [1.807, 2.05) is 0 Å². The van der Waals surface area contributed by atoms with Gasteiger partial charge in [0.25, 0.3) is 0 Å². The van der Waals surface area contributed by atoms with Crippen LogP contribution in [0.3, 0.4) is 0 Å². The smallest absolute Gasteiger partial charge is 0.00702 e. The van der Waals surface area contributed by atoms with Crippen molar-refractivity contribution >= 4 is 0 Å². The molecule has 2 aliphatic rings. The van der Waals surface area contributed by atoms with Gasteiger partial charge in [0.15, 0.2) is 0 Å². The first-order chi connectivity index (χ1) is 6.65. The number of rotatable bonds is 0. The Kier molecular flexibility index (Phi) is 2.62. The molecule has 2 rings (SSSR count). The molecule has 0 N–H and O–H groups in total. The van der Waals surface area contributed by atoms with Crippen molar-refractivity contribution in [2.75, 3.05) is 0 Å². The van der Waals surface area contributed by atoms with Crippen LogP contribution in [0.15, 0.2) is 34.9 Å².